The van der Waals surface area contributed by atoms with E-state index < -0.39 is 5.97 Å². The van der Waals surface area contributed by atoms with Crippen LogP contribution in [0.2, 0.25) is 0 Å². The zero-order valence-electron chi connectivity index (χ0n) is 8.79. The predicted octanol–water partition coefficient (Wildman–Crippen LogP) is 2.49. The van der Waals surface area contributed by atoms with E-state index in [-0.39, 0.29) is 18.6 Å². The second-order valence-corrected chi connectivity index (χ2v) is 3.15. The van der Waals surface area contributed by atoms with Crippen molar-refractivity contribution in [2.75, 3.05) is 0 Å². The van der Waals surface area contributed by atoms with E-state index in [0.717, 1.165) is 0 Å². The Bertz CT molecular complexity index is 296. The number of allylic oxidation sites excluding steroid dienone is 2. The molecule has 0 heterocycles. The van der Waals surface area contributed by atoms with Crippen molar-refractivity contribution in [3.63, 3.8) is 0 Å². The minimum atomic E-state index is -0.877. The van der Waals surface area contributed by atoms with E-state index in [4.69, 9.17) is 5.11 Å². The molecule has 82 valence electrons. The fraction of sp³-hybridized carbons (Fsp3) is 0.417. The fourth-order valence-electron chi connectivity index (χ4n) is 1.12. The Balaban J connectivity index is 4.00. The van der Waals surface area contributed by atoms with Gasteiger partial charge in [-0.15, -0.1) is 12.3 Å². The molecule has 0 unspecified atom stereocenters. The molecule has 0 amide bonds. The van der Waals surface area contributed by atoms with Crippen LogP contribution in [0.3, 0.4) is 0 Å². The van der Waals surface area contributed by atoms with Crippen molar-refractivity contribution in [3.8, 4) is 0 Å². The Labute approximate surface area is 89.8 Å². The van der Waals surface area contributed by atoms with Crippen LogP contribution >= 0.6 is 0 Å². The van der Waals surface area contributed by atoms with Gasteiger partial charge in [0.05, 0.1) is 0 Å². The first-order valence-corrected chi connectivity index (χ1v) is 4.86. The molecule has 0 aliphatic carbocycles. The molecule has 0 saturated carbocycles. The molecule has 0 aliphatic heterocycles. The molecule has 0 spiro atoms. The molecule has 3 heteroatoms. The molecule has 3 nitrogen and oxygen atoms in total. The fourth-order valence-corrected chi connectivity index (χ4v) is 1.12. The Morgan fingerprint density at radius 1 is 1.27 bits per heavy atom. The van der Waals surface area contributed by atoms with Crippen LogP contribution in [0.5, 0.6) is 0 Å². The number of carboxylic acid groups (broad SMARTS) is 1. The van der Waals surface area contributed by atoms with Crippen LogP contribution in [-0.4, -0.2) is 16.9 Å². The predicted molar refractivity (Wildman–Crippen MR) is 58.6 cm³/mol. The number of ketones is 1. The third-order valence-corrected chi connectivity index (χ3v) is 1.94. The van der Waals surface area contributed by atoms with Gasteiger partial charge in [-0.05, 0) is 19.3 Å². The van der Waals surface area contributed by atoms with Crippen LogP contribution in [0.25, 0.3) is 0 Å². The van der Waals surface area contributed by atoms with Crippen molar-refractivity contribution >= 4 is 11.8 Å². The molecule has 0 aliphatic rings. The number of rotatable bonds is 8. The highest BCUT2D eigenvalue weighted by molar-refractivity contribution is 5.95. The van der Waals surface area contributed by atoms with Gasteiger partial charge in [0.2, 0.25) is 0 Å². The van der Waals surface area contributed by atoms with E-state index in [9.17, 15) is 9.59 Å². The van der Waals surface area contributed by atoms with Gasteiger partial charge in [-0.1, -0.05) is 12.7 Å². The average Bonchev–Trinajstić information content (AvgIpc) is 2.18. The molecular weight excluding hydrogens is 192 g/mol. The Morgan fingerprint density at radius 2 is 1.93 bits per heavy atom. The molecule has 0 rings (SSSR count). The van der Waals surface area contributed by atoms with Crippen molar-refractivity contribution < 1.29 is 14.7 Å². The van der Waals surface area contributed by atoms with Crippen molar-refractivity contribution in [2.45, 2.75) is 32.1 Å². The number of carbonyl (C=O) groups is 2. The van der Waals surface area contributed by atoms with E-state index in [1.807, 2.05) is 0 Å². The summed E-state index contributed by atoms with van der Waals surface area (Å²) in [4.78, 5) is 21.7. The van der Waals surface area contributed by atoms with E-state index in [1.54, 1.807) is 6.08 Å². The molecule has 15 heavy (non-hydrogen) atoms. The molecule has 0 radical (unpaired) electrons. The number of hydrogen-bond donors (Lipinski definition) is 1. The van der Waals surface area contributed by atoms with Crippen molar-refractivity contribution in [1.82, 2.24) is 0 Å². The SMILES string of the molecule is C=C=C(CCC=C)C(=O)CCCC(=O)O. The second kappa shape index (κ2) is 7.77. The van der Waals surface area contributed by atoms with Crippen LogP contribution in [0.15, 0.2) is 30.5 Å². The van der Waals surface area contributed by atoms with Gasteiger partial charge in [0.1, 0.15) is 0 Å². The molecule has 0 fully saturated rings. The largest absolute Gasteiger partial charge is 0.481 e. The molecule has 0 bridgehead atoms. The van der Waals surface area contributed by atoms with Crippen LogP contribution in [0.4, 0.5) is 0 Å². The van der Waals surface area contributed by atoms with Gasteiger partial charge in [-0.2, -0.15) is 0 Å². The molecule has 0 aromatic heterocycles. The second-order valence-electron chi connectivity index (χ2n) is 3.15. The normalized spacial score (nSPS) is 9.07. The number of aliphatic carboxylic acids is 1. The maximum atomic E-state index is 11.5. The number of carbonyl (C=O) groups excluding carboxylic acids is 1. The smallest absolute Gasteiger partial charge is 0.303 e. The minimum absolute atomic E-state index is 0.0254. The molecule has 0 atom stereocenters. The van der Waals surface area contributed by atoms with Crippen LogP contribution < -0.4 is 0 Å². The van der Waals surface area contributed by atoms with E-state index in [2.05, 4.69) is 18.9 Å². The third-order valence-electron chi connectivity index (χ3n) is 1.94. The van der Waals surface area contributed by atoms with E-state index in [0.29, 0.717) is 24.8 Å². The number of carboxylic acids is 1. The highest BCUT2D eigenvalue weighted by atomic mass is 16.4. The molecule has 0 aromatic carbocycles. The van der Waals surface area contributed by atoms with Crippen molar-refractivity contribution in [1.29, 1.82) is 0 Å². The van der Waals surface area contributed by atoms with Gasteiger partial charge in [0, 0.05) is 18.4 Å². The Morgan fingerprint density at radius 3 is 2.40 bits per heavy atom. The Kier molecular flexibility index (Phi) is 6.94. The van der Waals surface area contributed by atoms with Crippen LogP contribution in [-0.2, 0) is 9.59 Å². The number of hydrogen-bond acceptors (Lipinski definition) is 2. The number of Topliss-reactive ketones (excluding diaryl/α,β-unsaturated/α-hetero) is 1. The first-order chi connectivity index (χ1) is 7.11. The maximum Gasteiger partial charge on any atom is 0.303 e. The third kappa shape index (κ3) is 6.47. The molecule has 0 aromatic rings. The topological polar surface area (TPSA) is 54.4 Å². The summed E-state index contributed by atoms with van der Waals surface area (Å²) in [6, 6.07) is 0. The lowest BCUT2D eigenvalue weighted by Crippen LogP contribution is -2.03. The van der Waals surface area contributed by atoms with Gasteiger partial charge < -0.3 is 5.11 Å². The van der Waals surface area contributed by atoms with E-state index in [1.165, 1.54) is 0 Å². The summed E-state index contributed by atoms with van der Waals surface area (Å²) >= 11 is 0. The summed E-state index contributed by atoms with van der Waals surface area (Å²) in [7, 11) is 0. The molecule has 0 saturated heterocycles. The lowest BCUT2D eigenvalue weighted by Gasteiger charge is -2.01. The summed E-state index contributed by atoms with van der Waals surface area (Å²) in [6.45, 7) is 7.01. The summed E-state index contributed by atoms with van der Waals surface area (Å²) in [6.07, 6.45) is 3.66. The molecular formula is C12H16O3. The van der Waals surface area contributed by atoms with E-state index >= 15 is 0 Å². The monoisotopic (exact) mass is 208 g/mol. The highest BCUT2D eigenvalue weighted by Crippen LogP contribution is 2.10. The van der Waals surface area contributed by atoms with Crippen molar-refractivity contribution in [3.05, 3.63) is 30.5 Å². The minimum Gasteiger partial charge on any atom is -0.481 e. The first kappa shape index (κ1) is 13.4. The summed E-state index contributed by atoms with van der Waals surface area (Å²) < 4.78 is 0. The van der Waals surface area contributed by atoms with Gasteiger partial charge in [-0.3, -0.25) is 9.59 Å². The lowest BCUT2D eigenvalue weighted by atomic mass is 10.0. The van der Waals surface area contributed by atoms with Gasteiger partial charge in [0.15, 0.2) is 5.78 Å². The van der Waals surface area contributed by atoms with Gasteiger partial charge in [0.25, 0.3) is 0 Å². The lowest BCUT2D eigenvalue weighted by molar-refractivity contribution is -0.137. The quantitative estimate of drug-likeness (QED) is 0.379. The zero-order chi connectivity index (χ0) is 11.7. The summed E-state index contributed by atoms with van der Waals surface area (Å²) in [5.41, 5.74) is 3.14. The van der Waals surface area contributed by atoms with Crippen molar-refractivity contribution in [2.24, 2.45) is 0 Å². The zero-order valence-corrected chi connectivity index (χ0v) is 8.79. The average molecular weight is 208 g/mol. The molecule has 1 N–H and O–H groups in total. The Hall–Kier alpha value is -1.60. The maximum absolute atomic E-state index is 11.5. The van der Waals surface area contributed by atoms with Gasteiger partial charge in [-0.25, -0.2) is 0 Å². The van der Waals surface area contributed by atoms with Crippen LogP contribution in [0, 0.1) is 0 Å². The van der Waals surface area contributed by atoms with Gasteiger partial charge >= 0.3 is 5.97 Å². The highest BCUT2D eigenvalue weighted by Gasteiger charge is 2.08. The summed E-state index contributed by atoms with van der Waals surface area (Å²) in [5, 5.41) is 8.40. The standard InChI is InChI=1S/C12H16O3/c1-3-5-7-10(4-2)11(13)8-6-9-12(14)15/h3H,1-2,5-9H2,(H,14,15). The first-order valence-electron chi connectivity index (χ1n) is 4.86. The summed E-state index contributed by atoms with van der Waals surface area (Å²) in [5.74, 6) is -0.939. The van der Waals surface area contributed by atoms with Crippen LogP contribution in [0.1, 0.15) is 32.1 Å².